The number of aliphatic hydroxyl groups excluding tert-OH is 1. The van der Waals surface area contributed by atoms with Crippen molar-refractivity contribution in [2.45, 2.75) is 16.7 Å². The van der Waals surface area contributed by atoms with E-state index in [-0.39, 0.29) is 6.61 Å². The van der Waals surface area contributed by atoms with E-state index in [0.717, 1.165) is 20.1 Å². The first-order valence-corrected chi connectivity index (χ1v) is 5.97. The summed E-state index contributed by atoms with van der Waals surface area (Å²) in [4.78, 5) is 8.23. The first-order chi connectivity index (χ1) is 7.29. The lowest BCUT2D eigenvalue weighted by atomic mass is 10.2. The smallest absolute Gasteiger partial charge is 0.170 e. The third-order valence-electron chi connectivity index (χ3n) is 1.88. The minimum Gasteiger partial charge on any atom is -0.392 e. The van der Waals surface area contributed by atoms with Crippen molar-refractivity contribution in [1.82, 2.24) is 9.97 Å². The predicted molar refractivity (Wildman–Crippen MR) is 62.8 cm³/mol. The summed E-state index contributed by atoms with van der Waals surface area (Å²) < 4.78 is 0.918. The average molecular weight is 285 g/mol. The van der Waals surface area contributed by atoms with Crippen LogP contribution < -0.4 is 0 Å². The molecular formula is C10H9BrN2OS. The number of benzene rings is 1. The Balaban J connectivity index is 2.20. The van der Waals surface area contributed by atoms with E-state index in [1.807, 2.05) is 18.2 Å². The van der Waals surface area contributed by atoms with Crippen LogP contribution in [0.25, 0.3) is 0 Å². The number of aromatic amines is 1. The molecule has 0 atom stereocenters. The number of imidazole rings is 1. The molecule has 0 radical (unpaired) electrons. The zero-order valence-corrected chi connectivity index (χ0v) is 10.2. The maximum absolute atomic E-state index is 9.01. The highest BCUT2D eigenvalue weighted by molar-refractivity contribution is 9.10. The van der Waals surface area contributed by atoms with Gasteiger partial charge in [-0.2, -0.15) is 0 Å². The molecule has 0 fully saturated rings. The Labute approximate surface area is 100 Å². The van der Waals surface area contributed by atoms with Gasteiger partial charge in [-0.1, -0.05) is 33.8 Å². The molecule has 5 heteroatoms. The third kappa shape index (κ3) is 2.62. The normalized spacial score (nSPS) is 10.5. The molecule has 2 aromatic rings. The Kier molecular flexibility index (Phi) is 3.45. The van der Waals surface area contributed by atoms with Crippen LogP contribution >= 0.6 is 27.7 Å². The third-order valence-corrected chi connectivity index (χ3v) is 3.53. The quantitative estimate of drug-likeness (QED) is 0.911. The van der Waals surface area contributed by atoms with Crippen molar-refractivity contribution in [3.8, 4) is 0 Å². The van der Waals surface area contributed by atoms with Crippen LogP contribution in [-0.4, -0.2) is 15.1 Å². The van der Waals surface area contributed by atoms with Gasteiger partial charge in [-0.25, -0.2) is 4.98 Å². The van der Waals surface area contributed by atoms with Gasteiger partial charge in [0.1, 0.15) is 0 Å². The number of aliphatic hydroxyl groups is 1. The summed E-state index contributed by atoms with van der Waals surface area (Å²) in [5.41, 5.74) is 0.888. The Bertz CT molecular complexity index is 445. The highest BCUT2D eigenvalue weighted by Crippen LogP contribution is 2.28. The fourth-order valence-electron chi connectivity index (χ4n) is 1.14. The standard InChI is InChI=1S/C10H9BrN2OS/c11-9-5-8(2-1-7(9)6-14)15-10-12-3-4-13-10/h1-5,14H,6H2,(H,12,13). The highest BCUT2D eigenvalue weighted by atomic mass is 79.9. The molecule has 0 saturated heterocycles. The number of nitrogens with one attached hydrogen (secondary N) is 1. The molecule has 0 aliphatic heterocycles. The van der Waals surface area contributed by atoms with Gasteiger partial charge in [0.25, 0.3) is 0 Å². The van der Waals surface area contributed by atoms with E-state index in [2.05, 4.69) is 25.9 Å². The van der Waals surface area contributed by atoms with Gasteiger partial charge in [-0.15, -0.1) is 0 Å². The zero-order chi connectivity index (χ0) is 10.7. The summed E-state index contributed by atoms with van der Waals surface area (Å²) in [6.45, 7) is 0.0479. The first-order valence-electron chi connectivity index (χ1n) is 4.36. The lowest BCUT2D eigenvalue weighted by Gasteiger charge is -2.03. The van der Waals surface area contributed by atoms with Crippen LogP contribution in [0.5, 0.6) is 0 Å². The molecule has 1 aromatic heterocycles. The van der Waals surface area contributed by atoms with Crippen molar-refractivity contribution in [2.24, 2.45) is 0 Å². The fraction of sp³-hybridized carbons (Fsp3) is 0.100. The van der Waals surface area contributed by atoms with Gasteiger partial charge in [0.05, 0.1) is 6.61 Å². The van der Waals surface area contributed by atoms with Crippen LogP contribution in [0.1, 0.15) is 5.56 Å². The average Bonchev–Trinajstić information content (AvgIpc) is 2.71. The Morgan fingerprint density at radius 3 is 2.93 bits per heavy atom. The Morgan fingerprint density at radius 1 is 1.47 bits per heavy atom. The van der Waals surface area contributed by atoms with E-state index in [9.17, 15) is 0 Å². The molecule has 15 heavy (non-hydrogen) atoms. The summed E-state index contributed by atoms with van der Waals surface area (Å²) in [7, 11) is 0. The molecule has 0 amide bonds. The van der Waals surface area contributed by atoms with Crippen LogP contribution in [0, 0.1) is 0 Å². The maximum atomic E-state index is 9.01. The summed E-state index contributed by atoms with van der Waals surface area (Å²) in [6, 6.07) is 5.83. The number of aromatic nitrogens is 2. The van der Waals surface area contributed by atoms with Crippen molar-refractivity contribution in [2.75, 3.05) is 0 Å². The van der Waals surface area contributed by atoms with Crippen molar-refractivity contribution in [1.29, 1.82) is 0 Å². The summed E-state index contributed by atoms with van der Waals surface area (Å²) >= 11 is 4.96. The van der Waals surface area contributed by atoms with Crippen molar-refractivity contribution in [3.05, 3.63) is 40.6 Å². The summed E-state index contributed by atoms with van der Waals surface area (Å²) in [6.07, 6.45) is 3.51. The van der Waals surface area contributed by atoms with E-state index in [0.29, 0.717) is 0 Å². The number of H-pyrrole nitrogens is 1. The van der Waals surface area contributed by atoms with E-state index < -0.39 is 0 Å². The maximum Gasteiger partial charge on any atom is 0.170 e. The summed E-state index contributed by atoms with van der Waals surface area (Å²) in [5.74, 6) is 0. The largest absolute Gasteiger partial charge is 0.392 e. The van der Waals surface area contributed by atoms with E-state index in [4.69, 9.17) is 5.11 Å². The van der Waals surface area contributed by atoms with Gasteiger partial charge >= 0.3 is 0 Å². The first kappa shape index (κ1) is 10.7. The molecule has 1 aromatic carbocycles. The van der Waals surface area contributed by atoms with Crippen molar-refractivity contribution < 1.29 is 5.11 Å². The predicted octanol–water partition coefficient (Wildman–Crippen LogP) is 2.82. The Morgan fingerprint density at radius 2 is 2.33 bits per heavy atom. The molecule has 0 bridgehead atoms. The number of rotatable bonds is 3. The lowest BCUT2D eigenvalue weighted by Crippen LogP contribution is -1.85. The van der Waals surface area contributed by atoms with Gasteiger partial charge in [0, 0.05) is 21.8 Å². The second-order valence-electron chi connectivity index (χ2n) is 2.91. The zero-order valence-electron chi connectivity index (χ0n) is 7.77. The molecule has 0 aliphatic carbocycles. The highest BCUT2D eigenvalue weighted by Gasteiger charge is 2.03. The lowest BCUT2D eigenvalue weighted by molar-refractivity contribution is 0.281. The molecule has 0 spiro atoms. The molecule has 0 saturated carbocycles. The minimum atomic E-state index is 0.0479. The molecule has 1 heterocycles. The van der Waals surface area contributed by atoms with Gasteiger partial charge in [0.2, 0.25) is 0 Å². The number of halogens is 1. The van der Waals surface area contributed by atoms with Crippen molar-refractivity contribution in [3.63, 3.8) is 0 Å². The topological polar surface area (TPSA) is 48.9 Å². The van der Waals surface area contributed by atoms with Crippen molar-refractivity contribution >= 4 is 27.7 Å². The van der Waals surface area contributed by atoms with Crippen LogP contribution in [0.2, 0.25) is 0 Å². The van der Waals surface area contributed by atoms with Gasteiger partial charge < -0.3 is 10.1 Å². The van der Waals surface area contributed by atoms with E-state index in [1.165, 1.54) is 0 Å². The van der Waals surface area contributed by atoms with E-state index >= 15 is 0 Å². The number of hydrogen-bond acceptors (Lipinski definition) is 3. The molecule has 2 N–H and O–H groups in total. The summed E-state index contributed by atoms with van der Waals surface area (Å²) in [5, 5.41) is 9.87. The fourth-order valence-corrected chi connectivity index (χ4v) is 2.57. The van der Waals surface area contributed by atoms with E-state index in [1.54, 1.807) is 24.2 Å². The second kappa shape index (κ2) is 4.83. The SMILES string of the molecule is OCc1ccc(Sc2ncc[nH]2)cc1Br. The minimum absolute atomic E-state index is 0.0479. The second-order valence-corrected chi connectivity index (χ2v) is 4.82. The molecular weight excluding hydrogens is 276 g/mol. The van der Waals surface area contributed by atoms with Gasteiger partial charge in [-0.3, -0.25) is 0 Å². The monoisotopic (exact) mass is 284 g/mol. The number of hydrogen-bond donors (Lipinski definition) is 2. The Hall–Kier alpha value is -0.780. The van der Waals surface area contributed by atoms with Crippen LogP contribution in [0.4, 0.5) is 0 Å². The molecule has 78 valence electrons. The van der Waals surface area contributed by atoms with Crippen LogP contribution in [0.15, 0.2) is 45.1 Å². The van der Waals surface area contributed by atoms with Crippen LogP contribution in [-0.2, 0) is 6.61 Å². The molecule has 0 unspecified atom stereocenters. The number of nitrogens with zero attached hydrogens (tertiary/aromatic N) is 1. The molecule has 3 nitrogen and oxygen atoms in total. The van der Waals surface area contributed by atoms with Crippen LogP contribution in [0.3, 0.4) is 0 Å². The molecule has 2 rings (SSSR count). The van der Waals surface area contributed by atoms with Gasteiger partial charge in [-0.05, 0) is 17.7 Å². The molecule has 0 aliphatic rings. The van der Waals surface area contributed by atoms with Gasteiger partial charge in [0.15, 0.2) is 5.16 Å².